The van der Waals surface area contributed by atoms with E-state index >= 15 is 0 Å². The number of halogens is 1. The summed E-state index contributed by atoms with van der Waals surface area (Å²) < 4.78 is 0. The first-order valence-electron chi connectivity index (χ1n) is 4.63. The van der Waals surface area contributed by atoms with Gasteiger partial charge < -0.3 is 5.73 Å². The Labute approximate surface area is 102 Å². The smallest absolute Gasteiger partial charge is 0.195 e. The topological polar surface area (TPSA) is 56.0 Å². The van der Waals surface area contributed by atoms with E-state index in [0.29, 0.717) is 15.7 Å². The maximum Gasteiger partial charge on any atom is 0.195 e. The van der Waals surface area contributed by atoms with E-state index in [-0.39, 0.29) is 12.2 Å². The van der Waals surface area contributed by atoms with E-state index in [0.717, 1.165) is 5.56 Å². The Bertz CT molecular complexity index is 511. The summed E-state index contributed by atoms with van der Waals surface area (Å²) in [4.78, 5) is 15.7. The van der Waals surface area contributed by atoms with Crippen molar-refractivity contribution in [2.45, 2.75) is 6.42 Å². The van der Waals surface area contributed by atoms with Crippen LogP contribution in [0, 0.1) is 0 Å². The molecule has 82 valence electrons. The SMILES string of the molecule is Nc1ccc(Cl)c(CC(=O)c2nccs2)c1. The normalized spacial score (nSPS) is 10.3. The molecule has 0 atom stereocenters. The number of benzene rings is 1. The minimum absolute atomic E-state index is 0.0394. The molecule has 0 saturated carbocycles. The van der Waals surface area contributed by atoms with Crippen LogP contribution in [0.4, 0.5) is 5.69 Å². The zero-order chi connectivity index (χ0) is 11.5. The van der Waals surface area contributed by atoms with Crippen LogP contribution in [-0.2, 0) is 6.42 Å². The van der Waals surface area contributed by atoms with E-state index in [4.69, 9.17) is 17.3 Å². The number of aromatic nitrogens is 1. The highest BCUT2D eigenvalue weighted by Gasteiger charge is 2.11. The van der Waals surface area contributed by atoms with E-state index in [1.807, 2.05) is 0 Å². The highest BCUT2D eigenvalue weighted by Crippen LogP contribution is 2.21. The number of carbonyl (C=O) groups excluding carboxylic acids is 1. The van der Waals surface area contributed by atoms with Gasteiger partial charge in [0.15, 0.2) is 10.8 Å². The van der Waals surface area contributed by atoms with Crippen molar-refractivity contribution in [2.75, 3.05) is 5.73 Å². The van der Waals surface area contributed by atoms with Crippen LogP contribution in [-0.4, -0.2) is 10.8 Å². The molecule has 0 radical (unpaired) electrons. The summed E-state index contributed by atoms with van der Waals surface area (Å²) in [7, 11) is 0. The van der Waals surface area contributed by atoms with Crippen LogP contribution >= 0.6 is 22.9 Å². The Balaban J connectivity index is 2.21. The lowest BCUT2D eigenvalue weighted by Crippen LogP contribution is -2.03. The van der Waals surface area contributed by atoms with Crippen molar-refractivity contribution in [3.63, 3.8) is 0 Å². The number of hydrogen-bond acceptors (Lipinski definition) is 4. The van der Waals surface area contributed by atoms with Crippen molar-refractivity contribution >= 4 is 34.4 Å². The molecule has 0 unspecified atom stereocenters. The summed E-state index contributed by atoms with van der Waals surface area (Å²) in [5.41, 5.74) is 6.98. The predicted octanol–water partition coefficient (Wildman–Crippen LogP) is 2.80. The van der Waals surface area contributed by atoms with Crippen LogP contribution in [0.15, 0.2) is 29.8 Å². The van der Waals surface area contributed by atoms with Gasteiger partial charge in [0.25, 0.3) is 0 Å². The fourth-order valence-corrected chi connectivity index (χ4v) is 2.10. The highest BCUT2D eigenvalue weighted by molar-refractivity contribution is 7.11. The van der Waals surface area contributed by atoms with Gasteiger partial charge in [0.2, 0.25) is 0 Å². The molecule has 2 N–H and O–H groups in total. The van der Waals surface area contributed by atoms with Crippen molar-refractivity contribution < 1.29 is 4.79 Å². The number of carbonyl (C=O) groups is 1. The average molecular weight is 253 g/mol. The maximum absolute atomic E-state index is 11.8. The number of nitrogen functional groups attached to an aromatic ring is 1. The van der Waals surface area contributed by atoms with Crippen LogP contribution < -0.4 is 5.73 Å². The molecule has 1 aromatic carbocycles. The van der Waals surface area contributed by atoms with Crippen LogP contribution in [0.1, 0.15) is 15.4 Å². The van der Waals surface area contributed by atoms with Crippen LogP contribution in [0.5, 0.6) is 0 Å². The lowest BCUT2D eigenvalue weighted by atomic mass is 10.1. The number of nitrogens with two attached hydrogens (primary N) is 1. The fraction of sp³-hybridized carbons (Fsp3) is 0.0909. The number of ketones is 1. The molecule has 5 heteroatoms. The van der Waals surface area contributed by atoms with Crippen LogP contribution in [0.25, 0.3) is 0 Å². The van der Waals surface area contributed by atoms with Gasteiger partial charge in [-0.25, -0.2) is 4.98 Å². The van der Waals surface area contributed by atoms with Gasteiger partial charge in [-0.2, -0.15) is 0 Å². The molecule has 0 spiro atoms. The van der Waals surface area contributed by atoms with Crippen molar-refractivity contribution in [1.82, 2.24) is 4.98 Å². The molecule has 16 heavy (non-hydrogen) atoms. The first-order chi connectivity index (χ1) is 7.66. The summed E-state index contributed by atoms with van der Waals surface area (Å²) in [6.07, 6.45) is 1.84. The van der Waals surface area contributed by atoms with Gasteiger partial charge in [-0.3, -0.25) is 4.79 Å². The molecule has 3 nitrogen and oxygen atoms in total. The zero-order valence-electron chi connectivity index (χ0n) is 8.31. The second-order valence-electron chi connectivity index (χ2n) is 3.29. The average Bonchev–Trinajstić information content (AvgIpc) is 2.76. The molecular formula is C11H9ClN2OS. The largest absolute Gasteiger partial charge is 0.399 e. The van der Waals surface area contributed by atoms with Crippen molar-refractivity contribution in [2.24, 2.45) is 0 Å². The number of hydrogen-bond donors (Lipinski definition) is 1. The predicted molar refractivity (Wildman–Crippen MR) is 66.0 cm³/mol. The van der Waals surface area contributed by atoms with E-state index in [1.165, 1.54) is 11.3 Å². The number of Topliss-reactive ketones (excluding diaryl/α,β-unsaturated/α-hetero) is 1. The van der Waals surface area contributed by atoms with Crippen LogP contribution in [0.2, 0.25) is 5.02 Å². The summed E-state index contributed by atoms with van der Waals surface area (Å²) in [6, 6.07) is 5.12. The molecule has 1 heterocycles. The number of rotatable bonds is 3. The molecule has 0 aliphatic rings. The molecule has 0 aliphatic heterocycles. The van der Waals surface area contributed by atoms with E-state index in [2.05, 4.69) is 4.98 Å². The standard InChI is InChI=1S/C11H9ClN2OS/c12-9-2-1-8(13)5-7(9)6-10(15)11-14-3-4-16-11/h1-5H,6,13H2. The zero-order valence-corrected chi connectivity index (χ0v) is 9.89. The third-order valence-electron chi connectivity index (χ3n) is 2.09. The molecule has 0 amide bonds. The number of thiazole rings is 1. The minimum Gasteiger partial charge on any atom is -0.399 e. The summed E-state index contributed by atoms with van der Waals surface area (Å²) in [5, 5.41) is 2.83. The Morgan fingerprint density at radius 1 is 1.50 bits per heavy atom. The molecule has 0 fully saturated rings. The van der Waals surface area contributed by atoms with Gasteiger partial charge in [-0.1, -0.05) is 11.6 Å². The van der Waals surface area contributed by atoms with E-state index < -0.39 is 0 Å². The van der Waals surface area contributed by atoms with Gasteiger partial charge >= 0.3 is 0 Å². The first kappa shape index (κ1) is 11.1. The maximum atomic E-state index is 11.8. The van der Waals surface area contributed by atoms with Crippen LogP contribution in [0.3, 0.4) is 0 Å². The second kappa shape index (κ2) is 4.63. The summed E-state index contributed by atoms with van der Waals surface area (Å²) in [5.74, 6) is -0.0394. The first-order valence-corrected chi connectivity index (χ1v) is 5.89. The third-order valence-corrected chi connectivity index (χ3v) is 3.27. The number of nitrogens with zero attached hydrogens (tertiary/aromatic N) is 1. The van der Waals surface area contributed by atoms with Crippen molar-refractivity contribution in [3.05, 3.63) is 45.4 Å². The number of anilines is 1. The lowest BCUT2D eigenvalue weighted by Gasteiger charge is -2.03. The quantitative estimate of drug-likeness (QED) is 0.675. The van der Waals surface area contributed by atoms with Gasteiger partial charge in [-0.05, 0) is 23.8 Å². The third kappa shape index (κ3) is 2.40. The lowest BCUT2D eigenvalue weighted by molar-refractivity contribution is 0.0992. The van der Waals surface area contributed by atoms with Crippen molar-refractivity contribution in [3.8, 4) is 0 Å². The second-order valence-corrected chi connectivity index (χ2v) is 4.59. The van der Waals surface area contributed by atoms with Gasteiger partial charge in [0.05, 0.1) is 0 Å². The fourth-order valence-electron chi connectivity index (χ4n) is 1.34. The van der Waals surface area contributed by atoms with Gasteiger partial charge in [-0.15, -0.1) is 11.3 Å². The molecular weight excluding hydrogens is 244 g/mol. The summed E-state index contributed by atoms with van der Waals surface area (Å²) >= 11 is 7.30. The summed E-state index contributed by atoms with van der Waals surface area (Å²) in [6.45, 7) is 0. The Morgan fingerprint density at radius 2 is 2.31 bits per heavy atom. The highest BCUT2D eigenvalue weighted by atomic mass is 35.5. The van der Waals surface area contributed by atoms with E-state index in [1.54, 1.807) is 29.8 Å². The Kier molecular flexibility index (Phi) is 3.22. The molecule has 0 bridgehead atoms. The molecule has 0 saturated heterocycles. The Hall–Kier alpha value is -1.39. The monoisotopic (exact) mass is 252 g/mol. The minimum atomic E-state index is -0.0394. The van der Waals surface area contributed by atoms with E-state index in [9.17, 15) is 4.79 Å². The Morgan fingerprint density at radius 3 is 3.00 bits per heavy atom. The molecule has 0 aliphatic carbocycles. The van der Waals surface area contributed by atoms with Gasteiger partial charge in [0, 0.05) is 28.7 Å². The van der Waals surface area contributed by atoms with Gasteiger partial charge in [0.1, 0.15) is 0 Å². The van der Waals surface area contributed by atoms with Crippen molar-refractivity contribution in [1.29, 1.82) is 0 Å². The molecule has 1 aromatic heterocycles. The molecule has 2 rings (SSSR count). The molecule has 2 aromatic rings.